The highest BCUT2D eigenvalue weighted by atomic mass is 19.2. The highest BCUT2D eigenvalue weighted by Crippen LogP contribution is 2.52. The van der Waals surface area contributed by atoms with Crippen molar-refractivity contribution in [2.45, 2.75) is 90.4 Å². The molecule has 0 atom stereocenters. The fraction of sp³-hybridized carbons (Fsp3) is 0.739. The molecule has 0 spiro atoms. The minimum atomic E-state index is -1.35. The second-order valence-corrected chi connectivity index (χ2v) is 8.80. The van der Waals surface area contributed by atoms with Gasteiger partial charge in [-0.25, -0.2) is 13.2 Å². The van der Waals surface area contributed by atoms with Crippen molar-refractivity contribution in [3.8, 4) is 0 Å². The summed E-state index contributed by atoms with van der Waals surface area (Å²) in [5.41, 5.74) is 0.929. The molecule has 0 heterocycles. The van der Waals surface area contributed by atoms with E-state index in [1.165, 1.54) is 82.8 Å². The summed E-state index contributed by atoms with van der Waals surface area (Å²) in [6, 6.07) is 2.38. The summed E-state index contributed by atoms with van der Waals surface area (Å²) in [7, 11) is 0. The van der Waals surface area contributed by atoms with Gasteiger partial charge < -0.3 is 0 Å². The second-order valence-electron chi connectivity index (χ2n) is 8.80. The summed E-state index contributed by atoms with van der Waals surface area (Å²) < 4.78 is 40.4. The number of benzene rings is 1. The maximum Gasteiger partial charge on any atom is 0.194 e. The van der Waals surface area contributed by atoms with Crippen LogP contribution in [0.2, 0.25) is 0 Å². The van der Waals surface area contributed by atoms with Crippen LogP contribution in [0.4, 0.5) is 13.2 Å². The lowest BCUT2D eigenvalue weighted by molar-refractivity contribution is 0.0382. The maximum absolute atomic E-state index is 13.6. The van der Waals surface area contributed by atoms with E-state index in [-0.39, 0.29) is 0 Å². The minimum absolute atomic E-state index is 0.325. The third-order valence-corrected chi connectivity index (χ3v) is 7.22. The molecular weight excluding hydrogens is 333 g/mol. The topological polar surface area (TPSA) is 0 Å². The molecule has 1 aromatic carbocycles. The quantitative estimate of drug-likeness (QED) is 0.455. The Labute approximate surface area is 156 Å². The van der Waals surface area contributed by atoms with Gasteiger partial charge in [-0.05, 0) is 86.3 Å². The third-order valence-electron chi connectivity index (χ3n) is 7.22. The Morgan fingerprint density at radius 2 is 1.54 bits per heavy atom. The van der Waals surface area contributed by atoms with E-state index in [0.717, 1.165) is 18.3 Å². The van der Waals surface area contributed by atoms with Crippen molar-refractivity contribution in [2.24, 2.45) is 17.3 Å². The van der Waals surface area contributed by atoms with Gasteiger partial charge in [-0.1, -0.05) is 39.0 Å². The first-order valence-electron chi connectivity index (χ1n) is 10.7. The predicted molar refractivity (Wildman–Crippen MR) is 101 cm³/mol. The Balaban J connectivity index is 1.72. The van der Waals surface area contributed by atoms with Crippen LogP contribution in [0.1, 0.15) is 89.5 Å². The van der Waals surface area contributed by atoms with Gasteiger partial charge in [-0.2, -0.15) is 0 Å². The van der Waals surface area contributed by atoms with Crippen molar-refractivity contribution in [3.63, 3.8) is 0 Å². The summed E-state index contributed by atoms with van der Waals surface area (Å²) >= 11 is 0. The van der Waals surface area contributed by atoms with E-state index in [4.69, 9.17) is 0 Å². The zero-order valence-electron chi connectivity index (χ0n) is 16.1. The Hall–Kier alpha value is -0.990. The van der Waals surface area contributed by atoms with E-state index in [1.54, 1.807) is 0 Å². The highest BCUT2D eigenvalue weighted by molar-refractivity contribution is 5.20. The zero-order chi connectivity index (χ0) is 18.6. The monoisotopic (exact) mass is 366 g/mol. The molecule has 2 aliphatic carbocycles. The molecule has 0 nitrogen and oxygen atoms in total. The van der Waals surface area contributed by atoms with Crippen molar-refractivity contribution < 1.29 is 13.2 Å². The predicted octanol–water partition coefficient (Wildman–Crippen LogP) is 7.59. The normalized spacial score (nSPS) is 27.6. The number of rotatable bonds is 6. The van der Waals surface area contributed by atoms with Crippen molar-refractivity contribution >= 4 is 0 Å². The lowest BCUT2D eigenvalue weighted by atomic mass is 9.58. The average Bonchev–Trinajstić information content (AvgIpc) is 2.66. The molecule has 0 unspecified atom stereocenters. The molecule has 0 radical (unpaired) electrons. The molecule has 0 aromatic heterocycles. The van der Waals surface area contributed by atoms with Gasteiger partial charge >= 0.3 is 0 Å². The molecule has 1 aromatic rings. The average molecular weight is 367 g/mol. The number of hydrogen-bond donors (Lipinski definition) is 0. The first-order chi connectivity index (χ1) is 12.5. The molecule has 2 aliphatic rings. The molecule has 0 amide bonds. The van der Waals surface area contributed by atoms with Gasteiger partial charge in [0.05, 0.1) is 0 Å². The van der Waals surface area contributed by atoms with E-state index in [9.17, 15) is 13.2 Å². The molecule has 3 heteroatoms. The molecule has 0 N–H and O–H groups in total. The van der Waals surface area contributed by atoms with Gasteiger partial charge in [0.2, 0.25) is 0 Å². The molecule has 2 fully saturated rings. The number of hydrogen-bond acceptors (Lipinski definition) is 0. The highest BCUT2D eigenvalue weighted by Gasteiger charge is 2.41. The van der Waals surface area contributed by atoms with Crippen LogP contribution in [-0.2, 0) is 6.42 Å². The molecule has 0 saturated heterocycles. The summed E-state index contributed by atoms with van der Waals surface area (Å²) in [5, 5.41) is 0. The van der Waals surface area contributed by atoms with E-state index >= 15 is 0 Å². The summed E-state index contributed by atoms with van der Waals surface area (Å²) in [6.07, 6.45) is 16.0. The molecule has 2 saturated carbocycles. The lowest BCUT2D eigenvalue weighted by Gasteiger charge is -2.47. The van der Waals surface area contributed by atoms with Crippen LogP contribution in [0.5, 0.6) is 0 Å². The number of aryl methyl sites for hydroxylation is 1. The van der Waals surface area contributed by atoms with Crippen LogP contribution in [-0.4, -0.2) is 0 Å². The maximum atomic E-state index is 13.6. The van der Waals surface area contributed by atoms with Gasteiger partial charge in [0.15, 0.2) is 17.5 Å². The Morgan fingerprint density at radius 3 is 2.12 bits per heavy atom. The van der Waals surface area contributed by atoms with Gasteiger partial charge in [0, 0.05) is 0 Å². The van der Waals surface area contributed by atoms with Gasteiger partial charge in [-0.15, -0.1) is 0 Å². The van der Waals surface area contributed by atoms with Crippen LogP contribution in [0.15, 0.2) is 12.1 Å². The van der Waals surface area contributed by atoms with Crippen LogP contribution in [0.25, 0.3) is 0 Å². The Morgan fingerprint density at radius 1 is 0.923 bits per heavy atom. The fourth-order valence-electron chi connectivity index (χ4n) is 5.67. The Kier molecular flexibility index (Phi) is 6.69. The summed E-state index contributed by atoms with van der Waals surface area (Å²) in [4.78, 5) is 0. The second kappa shape index (κ2) is 8.80. The van der Waals surface area contributed by atoms with Crippen LogP contribution >= 0.6 is 0 Å². The summed E-state index contributed by atoms with van der Waals surface area (Å²) in [6.45, 7) is 2.26. The van der Waals surface area contributed by atoms with E-state index in [0.29, 0.717) is 17.4 Å². The van der Waals surface area contributed by atoms with E-state index in [2.05, 4.69) is 6.92 Å². The third kappa shape index (κ3) is 4.46. The van der Waals surface area contributed by atoms with Crippen molar-refractivity contribution in [1.82, 2.24) is 0 Å². The first kappa shape index (κ1) is 19.8. The largest absolute Gasteiger partial charge is 0.204 e. The first-order valence-corrected chi connectivity index (χ1v) is 10.7. The molecule has 3 rings (SSSR count). The SMILES string of the molecule is CCC[C@H]1CC[C@](CCc2cc(F)c(F)c(F)c2)(C2CCCCC2)CC1. The standard InChI is InChI=1S/C23H33F3/c1-2-6-17-9-12-23(13-10-17,19-7-4-3-5-8-19)14-11-18-15-20(24)22(26)21(25)16-18/h15-17,19H,2-14H2,1H3/t17-,23-. The smallest absolute Gasteiger partial charge is 0.194 e. The van der Waals surface area contributed by atoms with E-state index < -0.39 is 17.5 Å². The molecule has 26 heavy (non-hydrogen) atoms. The lowest BCUT2D eigenvalue weighted by Crippen LogP contribution is -2.37. The Bertz CT molecular complexity index is 558. The molecule has 146 valence electrons. The van der Waals surface area contributed by atoms with E-state index in [1.807, 2.05) is 0 Å². The minimum Gasteiger partial charge on any atom is -0.204 e. The van der Waals surface area contributed by atoms with Crippen molar-refractivity contribution in [1.29, 1.82) is 0 Å². The van der Waals surface area contributed by atoms with Gasteiger partial charge in [0.25, 0.3) is 0 Å². The van der Waals surface area contributed by atoms with Crippen LogP contribution < -0.4 is 0 Å². The van der Waals surface area contributed by atoms with Gasteiger partial charge in [-0.3, -0.25) is 0 Å². The van der Waals surface area contributed by atoms with Crippen LogP contribution in [0, 0.1) is 34.7 Å². The van der Waals surface area contributed by atoms with Crippen molar-refractivity contribution in [3.05, 3.63) is 35.1 Å². The molecular formula is C23H33F3. The number of halogens is 3. The van der Waals surface area contributed by atoms with Crippen molar-refractivity contribution in [2.75, 3.05) is 0 Å². The van der Waals surface area contributed by atoms with Gasteiger partial charge in [0.1, 0.15) is 0 Å². The summed E-state index contributed by atoms with van der Waals surface area (Å²) in [5.74, 6) is -1.85. The molecule has 0 aliphatic heterocycles. The fourth-order valence-corrected chi connectivity index (χ4v) is 5.67. The molecule has 0 bridgehead atoms. The zero-order valence-corrected chi connectivity index (χ0v) is 16.1. The van der Waals surface area contributed by atoms with Crippen LogP contribution in [0.3, 0.4) is 0 Å².